The molecule has 0 bridgehead atoms. The van der Waals surface area contributed by atoms with Gasteiger partial charge in [0.2, 0.25) is 5.91 Å². The van der Waals surface area contributed by atoms with Crippen LogP contribution >= 0.6 is 0 Å². The van der Waals surface area contributed by atoms with Gasteiger partial charge in [-0.3, -0.25) is 4.79 Å². The third kappa shape index (κ3) is 0.937. The molecule has 3 rings (SSSR count). The molecule has 14 heavy (non-hydrogen) atoms. The Bertz CT molecular complexity index is 266. The quantitative estimate of drug-likeness (QED) is 0.633. The van der Waals surface area contributed by atoms with Crippen LogP contribution in [0.3, 0.4) is 0 Å². The number of hydrogen-bond donors (Lipinski definition) is 1. The van der Waals surface area contributed by atoms with E-state index >= 15 is 0 Å². The first-order valence-electron chi connectivity index (χ1n) is 5.84. The summed E-state index contributed by atoms with van der Waals surface area (Å²) in [7, 11) is 0. The molecule has 3 aliphatic rings. The maximum absolute atomic E-state index is 11.7. The maximum Gasteiger partial charge on any atom is 0.242 e. The van der Waals surface area contributed by atoms with Crippen molar-refractivity contribution < 1.29 is 4.79 Å². The number of nitrogens with two attached hydrogens (primary N) is 1. The Balaban J connectivity index is 1.84. The summed E-state index contributed by atoms with van der Waals surface area (Å²) in [4.78, 5) is 13.9. The van der Waals surface area contributed by atoms with E-state index in [1.165, 1.54) is 32.1 Å². The van der Waals surface area contributed by atoms with Crippen molar-refractivity contribution in [2.24, 2.45) is 5.73 Å². The average molecular weight is 194 g/mol. The van der Waals surface area contributed by atoms with Crippen molar-refractivity contribution in [2.75, 3.05) is 0 Å². The molecule has 3 nitrogen and oxygen atoms in total. The van der Waals surface area contributed by atoms with E-state index in [9.17, 15) is 4.79 Å². The zero-order valence-electron chi connectivity index (χ0n) is 8.54. The number of β-lactam (4-membered cyclic amide) rings is 1. The molecule has 0 aromatic heterocycles. The minimum atomic E-state index is -0.177. The molecule has 3 heteroatoms. The number of amides is 1. The fourth-order valence-electron chi connectivity index (χ4n) is 3.28. The second-order valence-electron chi connectivity index (χ2n) is 5.08. The van der Waals surface area contributed by atoms with Crippen molar-refractivity contribution in [3.05, 3.63) is 0 Å². The number of nitrogens with zero attached hydrogens (tertiary/aromatic N) is 1. The topological polar surface area (TPSA) is 46.3 Å². The molecule has 78 valence electrons. The number of carbonyl (C=O) groups is 1. The van der Waals surface area contributed by atoms with Crippen molar-refractivity contribution in [3.8, 4) is 0 Å². The Hall–Kier alpha value is -0.570. The van der Waals surface area contributed by atoms with Gasteiger partial charge in [0.25, 0.3) is 0 Å². The summed E-state index contributed by atoms with van der Waals surface area (Å²) in [5.74, 6) is 0.217. The maximum atomic E-state index is 11.7. The minimum absolute atomic E-state index is 0.0938. The molecule has 3 fully saturated rings. The molecule has 0 aromatic rings. The molecule has 1 spiro atoms. The van der Waals surface area contributed by atoms with Crippen LogP contribution in [-0.2, 0) is 4.79 Å². The molecule has 2 N–H and O–H groups in total. The van der Waals surface area contributed by atoms with Gasteiger partial charge in [0, 0.05) is 6.04 Å². The SMILES string of the molecule is N[C@@H]1C(=O)N(C2CC2)C12CCCCC2. The summed E-state index contributed by atoms with van der Waals surface area (Å²) in [5.41, 5.74) is 6.09. The van der Waals surface area contributed by atoms with Crippen LogP contribution in [0, 0.1) is 0 Å². The van der Waals surface area contributed by atoms with Crippen LogP contribution < -0.4 is 5.73 Å². The summed E-state index contributed by atoms with van der Waals surface area (Å²) < 4.78 is 0. The molecule has 0 radical (unpaired) electrons. The van der Waals surface area contributed by atoms with Crippen molar-refractivity contribution in [1.29, 1.82) is 0 Å². The van der Waals surface area contributed by atoms with Crippen LogP contribution in [0.1, 0.15) is 44.9 Å². The van der Waals surface area contributed by atoms with Crippen LogP contribution in [0.5, 0.6) is 0 Å². The lowest BCUT2D eigenvalue weighted by Gasteiger charge is -2.58. The molecule has 1 amide bonds. The third-order valence-corrected chi connectivity index (χ3v) is 4.19. The average Bonchev–Trinajstić information content (AvgIpc) is 3.03. The first kappa shape index (κ1) is 8.72. The Morgan fingerprint density at radius 2 is 1.86 bits per heavy atom. The second-order valence-corrected chi connectivity index (χ2v) is 5.08. The molecule has 1 aliphatic heterocycles. The standard InChI is InChI=1S/C11H18N2O/c12-9-10(14)13(8-4-5-8)11(9)6-2-1-3-7-11/h8-9H,1-7,12H2/t9-/m1/s1. The first-order valence-corrected chi connectivity index (χ1v) is 5.84. The first-order chi connectivity index (χ1) is 6.76. The lowest BCUT2D eigenvalue weighted by Crippen LogP contribution is -2.78. The molecule has 1 heterocycles. The van der Waals surface area contributed by atoms with E-state index in [4.69, 9.17) is 5.73 Å². The minimum Gasteiger partial charge on any atom is -0.331 e. The van der Waals surface area contributed by atoms with Crippen LogP contribution in [0.25, 0.3) is 0 Å². The normalized spacial score (nSPS) is 35.9. The van der Waals surface area contributed by atoms with E-state index in [1.54, 1.807) is 0 Å². The van der Waals surface area contributed by atoms with Gasteiger partial charge in [-0.25, -0.2) is 0 Å². The van der Waals surface area contributed by atoms with Crippen molar-refractivity contribution in [1.82, 2.24) is 4.90 Å². The van der Waals surface area contributed by atoms with E-state index in [2.05, 4.69) is 4.90 Å². The number of hydrogen-bond acceptors (Lipinski definition) is 2. The van der Waals surface area contributed by atoms with Gasteiger partial charge >= 0.3 is 0 Å². The van der Waals surface area contributed by atoms with E-state index in [-0.39, 0.29) is 17.5 Å². The van der Waals surface area contributed by atoms with Gasteiger partial charge in [-0.15, -0.1) is 0 Å². The summed E-state index contributed by atoms with van der Waals surface area (Å²) in [5, 5.41) is 0. The largest absolute Gasteiger partial charge is 0.331 e. The van der Waals surface area contributed by atoms with E-state index < -0.39 is 0 Å². The fraction of sp³-hybridized carbons (Fsp3) is 0.909. The number of rotatable bonds is 1. The highest BCUT2D eigenvalue weighted by atomic mass is 16.2. The highest BCUT2D eigenvalue weighted by Gasteiger charge is 2.61. The smallest absolute Gasteiger partial charge is 0.242 e. The van der Waals surface area contributed by atoms with Crippen molar-refractivity contribution in [3.63, 3.8) is 0 Å². The lowest BCUT2D eigenvalue weighted by atomic mass is 9.69. The zero-order chi connectivity index (χ0) is 9.76. The highest BCUT2D eigenvalue weighted by Crippen LogP contribution is 2.48. The predicted molar refractivity (Wildman–Crippen MR) is 53.7 cm³/mol. The van der Waals surface area contributed by atoms with Crippen LogP contribution in [0.15, 0.2) is 0 Å². The highest BCUT2D eigenvalue weighted by molar-refractivity contribution is 5.91. The molecule has 0 aromatic carbocycles. The van der Waals surface area contributed by atoms with Crippen LogP contribution in [0.4, 0.5) is 0 Å². The molecule has 2 aliphatic carbocycles. The van der Waals surface area contributed by atoms with Gasteiger partial charge < -0.3 is 10.6 Å². The molecular weight excluding hydrogens is 176 g/mol. The van der Waals surface area contributed by atoms with Gasteiger partial charge in [-0.05, 0) is 25.7 Å². The Morgan fingerprint density at radius 1 is 1.21 bits per heavy atom. The number of likely N-dealkylation sites (tertiary alicyclic amines) is 1. The molecule has 0 unspecified atom stereocenters. The molecule has 1 atom stereocenters. The summed E-state index contributed by atoms with van der Waals surface area (Å²) in [6.07, 6.45) is 8.54. The van der Waals surface area contributed by atoms with Gasteiger partial charge in [-0.2, -0.15) is 0 Å². The Labute approximate surface area is 84.6 Å². The van der Waals surface area contributed by atoms with Crippen molar-refractivity contribution >= 4 is 5.91 Å². The second kappa shape index (κ2) is 2.72. The van der Waals surface area contributed by atoms with Gasteiger partial charge in [0.15, 0.2) is 0 Å². The van der Waals surface area contributed by atoms with Gasteiger partial charge in [0.05, 0.1) is 5.54 Å². The zero-order valence-corrected chi connectivity index (χ0v) is 8.54. The van der Waals surface area contributed by atoms with Crippen LogP contribution in [0.2, 0.25) is 0 Å². The van der Waals surface area contributed by atoms with E-state index in [0.29, 0.717) is 6.04 Å². The molecule has 2 saturated carbocycles. The third-order valence-electron chi connectivity index (χ3n) is 4.19. The number of carbonyl (C=O) groups excluding carboxylic acids is 1. The summed E-state index contributed by atoms with van der Waals surface area (Å²) in [6, 6.07) is 0.379. The van der Waals surface area contributed by atoms with E-state index in [1.807, 2.05) is 0 Å². The van der Waals surface area contributed by atoms with Gasteiger partial charge in [-0.1, -0.05) is 19.3 Å². The Morgan fingerprint density at radius 3 is 2.43 bits per heavy atom. The van der Waals surface area contributed by atoms with Crippen molar-refractivity contribution in [2.45, 2.75) is 62.6 Å². The van der Waals surface area contributed by atoms with Crippen LogP contribution in [-0.4, -0.2) is 28.4 Å². The fourth-order valence-corrected chi connectivity index (χ4v) is 3.28. The Kier molecular flexibility index (Phi) is 1.69. The van der Waals surface area contributed by atoms with E-state index in [0.717, 1.165) is 12.8 Å². The molecule has 1 saturated heterocycles. The predicted octanol–water partition coefficient (Wildman–Crippen LogP) is 1.02. The monoisotopic (exact) mass is 194 g/mol. The van der Waals surface area contributed by atoms with Gasteiger partial charge in [0.1, 0.15) is 6.04 Å². The summed E-state index contributed by atoms with van der Waals surface area (Å²) >= 11 is 0. The summed E-state index contributed by atoms with van der Waals surface area (Å²) in [6.45, 7) is 0. The lowest BCUT2D eigenvalue weighted by molar-refractivity contribution is -0.166. The molecular formula is C11H18N2O.